The van der Waals surface area contributed by atoms with Crippen LogP contribution in [-0.2, 0) is 9.53 Å². The molecule has 1 heterocycles. The van der Waals surface area contributed by atoms with Crippen molar-refractivity contribution in [2.24, 2.45) is 5.92 Å². The van der Waals surface area contributed by atoms with Crippen LogP contribution in [0.25, 0.3) is 0 Å². The van der Waals surface area contributed by atoms with Gasteiger partial charge in [0.1, 0.15) is 5.60 Å². The summed E-state index contributed by atoms with van der Waals surface area (Å²) in [7, 11) is 0. The lowest BCUT2D eigenvalue weighted by Gasteiger charge is -2.32. The minimum absolute atomic E-state index is 0.0182. The number of hydrogen-bond acceptors (Lipinski definition) is 4. The fourth-order valence-electron chi connectivity index (χ4n) is 3.07. The normalized spacial score (nSPS) is 15.0. The third kappa shape index (κ3) is 8.31. The molecule has 1 aromatic carbocycles. The number of nitrogens with one attached hydrogen (secondary N) is 2. The summed E-state index contributed by atoms with van der Waals surface area (Å²) >= 11 is 5.84. The van der Waals surface area contributed by atoms with Crippen LogP contribution in [0.5, 0.6) is 0 Å². The van der Waals surface area contributed by atoms with E-state index in [0.717, 1.165) is 12.8 Å². The highest BCUT2D eigenvalue weighted by Crippen LogP contribution is 2.17. The molecule has 0 aliphatic carbocycles. The number of benzene rings is 1. The Hall–Kier alpha value is -2.28. The zero-order valence-electron chi connectivity index (χ0n) is 17.3. The first kappa shape index (κ1) is 23.0. The van der Waals surface area contributed by atoms with E-state index in [1.807, 2.05) is 4.90 Å². The van der Waals surface area contributed by atoms with Crippen molar-refractivity contribution in [2.45, 2.75) is 45.6 Å². The average Bonchev–Trinajstić information content (AvgIpc) is 2.65. The molecule has 0 atom stereocenters. The van der Waals surface area contributed by atoms with Crippen molar-refractivity contribution >= 4 is 29.5 Å². The third-order valence-electron chi connectivity index (χ3n) is 4.63. The first-order chi connectivity index (χ1) is 13.6. The SMILES string of the molecule is CC(C)(C)OC(=O)NCCC(=O)N1CCC(CNC(=O)c2ccc(Cl)cc2)CC1. The van der Waals surface area contributed by atoms with Crippen molar-refractivity contribution in [2.75, 3.05) is 26.2 Å². The summed E-state index contributed by atoms with van der Waals surface area (Å²) in [5.74, 6) is 0.244. The lowest BCUT2D eigenvalue weighted by Crippen LogP contribution is -2.42. The number of alkyl carbamates (subject to hydrolysis) is 1. The Balaban J connectivity index is 1.64. The Labute approximate surface area is 177 Å². The van der Waals surface area contributed by atoms with Gasteiger partial charge in [0.25, 0.3) is 5.91 Å². The highest BCUT2D eigenvalue weighted by atomic mass is 35.5. The number of nitrogens with zero attached hydrogens (tertiary/aromatic N) is 1. The van der Waals surface area contributed by atoms with E-state index >= 15 is 0 Å². The van der Waals surface area contributed by atoms with Crippen LogP contribution >= 0.6 is 11.6 Å². The summed E-state index contributed by atoms with van der Waals surface area (Å²) in [4.78, 5) is 37.9. The fourth-order valence-corrected chi connectivity index (χ4v) is 3.20. The van der Waals surface area contributed by atoms with E-state index < -0.39 is 11.7 Å². The summed E-state index contributed by atoms with van der Waals surface area (Å²) in [6.07, 6.45) is 1.41. The molecular weight excluding hydrogens is 394 g/mol. The number of halogens is 1. The minimum atomic E-state index is -0.557. The molecular formula is C21H30ClN3O4. The highest BCUT2D eigenvalue weighted by Gasteiger charge is 2.23. The van der Waals surface area contributed by atoms with Crippen LogP contribution in [0.1, 0.15) is 50.4 Å². The molecule has 8 heteroatoms. The molecule has 1 aliphatic rings. The topological polar surface area (TPSA) is 87.7 Å². The second-order valence-corrected chi connectivity index (χ2v) is 8.66. The Morgan fingerprint density at radius 3 is 2.31 bits per heavy atom. The molecule has 0 bridgehead atoms. The largest absolute Gasteiger partial charge is 0.444 e. The van der Waals surface area contributed by atoms with E-state index in [9.17, 15) is 14.4 Å². The quantitative estimate of drug-likeness (QED) is 0.735. The van der Waals surface area contributed by atoms with Gasteiger partial charge < -0.3 is 20.3 Å². The monoisotopic (exact) mass is 423 g/mol. The number of carbonyl (C=O) groups excluding carboxylic acids is 3. The van der Waals surface area contributed by atoms with Gasteiger partial charge in [0.05, 0.1) is 0 Å². The Bertz CT molecular complexity index is 708. The van der Waals surface area contributed by atoms with Gasteiger partial charge in [-0.3, -0.25) is 9.59 Å². The van der Waals surface area contributed by atoms with Gasteiger partial charge in [-0.05, 0) is 63.8 Å². The van der Waals surface area contributed by atoms with Gasteiger partial charge in [0.2, 0.25) is 5.91 Å². The number of ether oxygens (including phenoxy) is 1. The first-order valence-corrected chi connectivity index (χ1v) is 10.3. The maximum Gasteiger partial charge on any atom is 0.407 e. The van der Waals surface area contributed by atoms with E-state index in [4.69, 9.17) is 16.3 Å². The Kier molecular flexibility index (Phi) is 8.32. The van der Waals surface area contributed by atoms with Crippen molar-refractivity contribution in [3.63, 3.8) is 0 Å². The number of hydrogen-bond donors (Lipinski definition) is 2. The molecule has 3 amide bonds. The maximum atomic E-state index is 12.3. The molecule has 1 aliphatic heterocycles. The summed E-state index contributed by atoms with van der Waals surface area (Å²) < 4.78 is 5.15. The predicted molar refractivity (Wildman–Crippen MR) is 112 cm³/mol. The number of likely N-dealkylation sites (tertiary alicyclic amines) is 1. The molecule has 0 aromatic heterocycles. The molecule has 1 fully saturated rings. The molecule has 1 aromatic rings. The summed E-state index contributed by atoms with van der Waals surface area (Å²) in [6, 6.07) is 6.78. The average molecular weight is 424 g/mol. The van der Waals surface area contributed by atoms with Gasteiger partial charge in [-0.2, -0.15) is 0 Å². The molecule has 2 rings (SSSR count). The smallest absolute Gasteiger partial charge is 0.407 e. The van der Waals surface area contributed by atoms with Crippen LogP contribution in [0.3, 0.4) is 0 Å². The summed E-state index contributed by atoms with van der Waals surface area (Å²) in [6.45, 7) is 7.54. The zero-order chi connectivity index (χ0) is 21.4. The second-order valence-electron chi connectivity index (χ2n) is 8.22. The maximum absolute atomic E-state index is 12.3. The van der Waals surface area contributed by atoms with Crippen LogP contribution < -0.4 is 10.6 Å². The molecule has 0 spiro atoms. The Morgan fingerprint density at radius 1 is 1.10 bits per heavy atom. The first-order valence-electron chi connectivity index (χ1n) is 9.92. The van der Waals surface area contributed by atoms with Crippen LogP contribution in [0.2, 0.25) is 5.02 Å². The van der Waals surface area contributed by atoms with Crippen molar-refractivity contribution < 1.29 is 19.1 Å². The molecule has 0 saturated carbocycles. The van der Waals surface area contributed by atoms with Crippen LogP contribution in [0.15, 0.2) is 24.3 Å². The fraction of sp³-hybridized carbons (Fsp3) is 0.571. The van der Waals surface area contributed by atoms with Crippen molar-refractivity contribution in [3.8, 4) is 0 Å². The van der Waals surface area contributed by atoms with Gasteiger partial charge in [-0.1, -0.05) is 11.6 Å². The second kappa shape index (κ2) is 10.5. The van der Waals surface area contributed by atoms with Crippen molar-refractivity contribution in [1.29, 1.82) is 0 Å². The van der Waals surface area contributed by atoms with Crippen LogP contribution in [-0.4, -0.2) is 54.6 Å². The van der Waals surface area contributed by atoms with Crippen molar-refractivity contribution in [1.82, 2.24) is 15.5 Å². The van der Waals surface area contributed by atoms with Gasteiger partial charge >= 0.3 is 6.09 Å². The minimum Gasteiger partial charge on any atom is -0.444 e. The van der Waals surface area contributed by atoms with Crippen molar-refractivity contribution in [3.05, 3.63) is 34.9 Å². The van der Waals surface area contributed by atoms with Gasteiger partial charge in [-0.25, -0.2) is 4.79 Å². The van der Waals surface area contributed by atoms with E-state index in [-0.39, 0.29) is 24.8 Å². The lowest BCUT2D eigenvalue weighted by molar-refractivity contribution is -0.132. The molecule has 0 radical (unpaired) electrons. The van der Waals surface area contributed by atoms with E-state index in [2.05, 4.69) is 10.6 Å². The summed E-state index contributed by atoms with van der Waals surface area (Å²) in [5.41, 5.74) is 0.0263. The van der Waals surface area contributed by atoms with Crippen LogP contribution in [0, 0.1) is 5.92 Å². The number of rotatable bonds is 6. The third-order valence-corrected chi connectivity index (χ3v) is 4.88. The number of amides is 3. The molecule has 29 heavy (non-hydrogen) atoms. The molecule has 1 saturated heterocycles. The zero-order valence-corrected chi connectivity index (χ0v) is 18.1. The summed E-state index contributed by atoms with van der Waals surface area (Å²) in [5, 5.41) is 6.15. The van der Waals surface area contributed by atoms with Gasteiger partial charge in [-0.15, -0.1) is 0 Å². The lowest BCUT2D eigenvalue weighted by atomic mass is 9.96. The van der Waals surface area contributed by atoms with E-state index in [1.165, 1.54) is 0 Å². The molecule has 0 unspecified atom stereocenters. The molecule has 2 N–H and O–H groups in total. The van der Waals surface area contributed by atoms with Gasteiger partial charge in [0.15, 0.2) is 0 Å². The van der Waals surface area contributed by atoms with E-state index in [0.29, 0.717) is 36.1 Å². The number of carbonyl (C=O) groups is 3. The Morgan fingerprint density at radius 2 is 1.72 bits per heavy atom. The highest BCUT2D eigenvalue weighted by molar-refractivity contribution is 6.30. The van der Waals surface area contributed by atoms with Gasteiger partial charge in [0, 0.05) is 43.2 Å². The number of piperidine rings is 1. The predicted octanol–water partition coefficient (Wildman–Crippen LogP) is 3.22. The van der Waals surface area contributed by atoms with E-state index in [1.54, 1.807) is 45.0 Å². The molecule has 7 nitrogen and oxygen atoms in total. The molecule has 160 valence electrons. The standard InChI is InChI=1S/C21H30ClN3O4/c1-21(2,3)29-20(28)23-11-8-18(26)25-12-9-15(10-13-25)14-24-19(27)16-4-6-17(22)7-5-16/h4-7,15H,8-14H2,1-3H3,(H,23,28)(H,24,27). The van der Waals surface area contributed by atoms with Crippen LogP contribution in [0.4, 0.5) is 4.79 Å².